The van der Waals surface area contributed by atoms with Gasteiger partial charge in [-0.05, 0) is 37.5 Å². The van der Waals surface area contributed by atoms with Gasteiger partial charge in [0.1, 0.15) is 11.9 Å². The standard InChI is InChI=1S/C18H21N3O4/c1-12-10-14(20-25-12)18(22)21-8-9-23-17-15(21)2-3-16(17)24-11-13-4-6-19-7-5-13/h4-7,10,15-17H,2-3,8-9,11H2,1H3/t15-,16-,17-/m1/s1. The van der Waals surface area contributed by atoms with E-state index < -0.39 is 0 Å². The number of ether oxygens (including phenoxy) is 2. The molecule has 7 nitrogen and oxygen atoms in total. The summed E-state index contributed by atoms with van der Waals surface area (Å²) in [5.41, 5.74) is 1.44. The van der Waals surface area contributed by atoms with E-state index in [1.807, 2.05) is 17.0 Å². The highest BCUT2D eigenvalue weighted by molar-refractivity contribution is 5.92. The number of aromatic nitrogens is 2. The number of rotatable bonds is 4. The number of aryl methyl sites for hydroxylation is 1. The first-order chi connectivity index (χ1) is 12.2. The second-order valence-corrected chi connectivity index (χ2v) is 6.51. The van der Waals surface area contributed by atoms with Gasteiger partial charge < -0.3 is 18.9 Å². The molecule has 0 spiro atoms. The molecule has 2 aromatic rings. The van der Waals surface area contributed by atoms with E-state index in [1.54, 1.807) is 25.4 Å². The predicted octanol–water partition coefficient (Wildman–Crippen LogP) is 1.97. The van der Waals surface area contributed by atoms with E-state index in [0.29, 0.717) is 31.2 Å². The van der Waals surface area contributed by atoms with Gasteiger partial charge in [0, 0.05) is 25.0 Å². The van der Waals surface area contributed by atoms with Crippen LogP contribution in [0.1, 0.15) is 34.7 Å². The summed E-state index contributed by atoms with van der Waals surface area (Å²) < 4.78 is 17.1. The third-order valence-electron chi connectivity index (χ3n) is 4.86. The van der Waals surface area contributed by atoms with Crippen molar-refractivity contribution >= 4 is 5.91 Å². The number of amides is 1. The van der Waals surface area contributed by atoms with Crippen molar-refractivity contribution in [3.63, 3.8) is 0 Å². The first kappa shape index (κ1) is 16.2. The Hall–Kier alpha value is -2.25. The fraction of sp³-hybridized carbons (Fsp3) is 0.500. The van der Waals surface area contributed by atoms with Crippen LogP contribution in [0.4, 0.5) is 0 Å². The largest absolute Gasteiger partial charge is 0.372 e. The molecule has 1 aliphatic carbocycles. The number of carbonyl (C=O) groups excluding carboxylic acids is 1. The van der Waals surface area contributed by atoms with E-state index in [-0.39, 0.29) is 24.2 Å². The lowest BCUT2D eigenvalue weighted by Gasteiger charge is -2.38. The third-order valence-corrected chi connectivity index (χ3v) is 4.86. The number of carbonyl (C=O) groups is 1. The van der Waals surface area contributed by atoms with Crippen LogP contribution in [-0.4, -0.2) is 52.3 Å². The van der Waals surface area contributed by atoms with Crippen molar-refractivity contribution in [2.75, 3.05) is 13.2 Å². The highest BCUT2D eigenvalue weighted by atomic mass is 16.5. The Morgan fingerprint density at radius 2 is 2.20 bits per heavy atom. The molecule has 0 aromatic carbocycles. The maximum absolute atomic E-state index is 12.7. The normalized spacial score (nSPS) is 25.8. The maximum atomic E-state index is 12.7. The predicted molar refractivity (Wildman–Crippen MR) is 87.9 cm³/mol. The molecule has 0 bridgehead atoms. The van der Waals surface area contributed by atoms with Crippen molar-refractivity contribution < 1.29 is 18.8 Å². The van der Waals surface area contributed by atoms with Crippen molar-refractivity contribution in [3.8, 4) is 0 Å². The number of morpholine rings is 1. The monoisotopic (exact) mass is 343 g/mol. The highest BCUT2D eigenvalue weighted by Crippen LogP contribution is 2.33. The van der Waals surface area contributed by atoms with Crippen molar-refractivity contribution in [1.29, 1.82) is 0 Å². The van der Waals surface area contributed by atoms with E-state index in [1.165, 1.54) is 0 Å². The zero-order valence-electron chi connectivity index (χ0n) is 14.1. The molecule has 2 fully saturated rings. The third kappa shape index (κ3) is 3.29. The minimum atomic E-state index is -0.0927. The molecule has 1 saturated heterocycles. The smallest absolute Gasteiger partial charge is 0.276 e. The van der Waals surface area contributed by atoms with E-state index in [0.717, 1.165) is 18.4 Å². The average molecular weight is 343 g/mol. The van der Waals surface area contributed by atoms with Crippen LogP contribution in [-0.2, 0) is 16.1 Å². The minimum Gasteiger partial charge on any atom is -0.372 e. The van der Waals surface area contributed by atoms with Gasteiger partial charge in [0.2, 0.25) is 0 Å². The first-order valence-corrected chi connectivity index (χ1v) is 8.59. The molecule has 7 heteroatoms. The van der Waals surface area contributed by atoms with Crippen LogP contribution in [0, 0.1) is 6.92 Å². The second kappa shape index (κ2) is 6.93. The minimum absolute atomic E-state index is 0.00666. The summed E-state index contributed by atoms with van der Waals surface area (Å²) in [4.78, 5) is 18.6. The zero-order valence-corrected chi connectivity index (χ0v) is 14.1. The van der Waals surface area contributed by atoms with Gasteiger partial charge >= 0.3 is 0 Å². The van der Waals surface area contributed by atoms with Gasteiger partial charge in [-0.3, -0.25) is 9.78 Å². The summed E-state index contributed by atoms with van der Waals surface area (Å²) in [6.07, 6.45) is 5.16. The Morgan fingerprint density at radius 1 is 1.36 bits per heavy atom. The molecule has 1 aliphatic heterocycles. The number of nitrogens with zero attached hydrogens (tertiary/aromatic N) is 3. The molecule has 2 aromatic heterocycles. The molecule has 0 unspecified atom stereocenters. The van der Waals surface area contributed by atoms with Crippen molar-refractivity contribution in [2.45, 2.75) is 44.6 Å². The van der Waals surface area contributed by atoms with Crippen LogP contribution in [0.3, 0.4) is 0 Å². The number of fused-ring (bicyclic) bond motifs is 1. The van der Waals surface area contributed by atoms with Crippen molar-refractivity contribution in [1.82, 2.24) is 15.0 Å². The van der Waals surface area contributed by atoms with Gasteiger partial charge in [-0.15, -0.1) is 0 Å². The van der Waals surface area contributed by atoms with Gasteiger partial charge in [0.15, 0.2) is 5.69 Å². The Bertz CT molecular complexity index is 733. The van der Waals surface area contributed by atoms with Crippen LogP contribution in [0.25, 0.3) is 0 Å². The molecule has 25 heavy (non-hydrogen) atoms. The van der Waals surface area contributed by atoms with Gasteiger partial charge in [-0.2, -0.15) is 0 Å². The van der Waals surface area contributed by atoms with Gasteiger partial charge in [-0.1, -0.05) is 5.16 Å². The van der Waals surface area contributed by atoms with E-state index >= 15 is 0 Å². The summed E-state index contributed by atoms with van der Waals surface area (Å²) >= 11 is 0. The quantitative estimate of drug-likeness (QED) is 0.845. The van der Waals surface area contributed by atoms with E-state index in [4.69, 9.17) is 14.0 Å². The van der Waals surface area contributed by atoms with E-state index in [9.17, 15) is 4.79 Å². The topological polar surface area (TPSA) is 77.7 Å². The Kier molecular flexibility index (Phi) is 4.50. The molecule has 3 heterocycles. The van der Waals surface area contributed by atoms with Crippen LogP contribution in [0.2, 0.25) is 0 Å². The van der Waals surface area contributed by atoms with Crippen molar-refractivity contribution in [3.05, 3.63) is 47.6 Å². The van der Waals surface area contributed by atoms with Crippen LogP contribution >= 0.6 is 0 Å². The van der Waals surface area contributed by atoms with Crippen LogP contribution < -0.4 is 0 Å². The molecule has 0 N–H and O–H groups in total. The van der Waals surface area contributed by atoms with Crippen LogP contribution in [0.15, 0.2) is 35.1 Å². The lowest BCUT2D eigenvalue weighted by atomic mass is 10.1. The Morgan fingerprint density at radius 3 is 2.96 bits per heavy atom. The highest BCUT2D eigenvalue weighted by Gasteiger charge is 2.45. The number of hydrogen-bond acceptors (Lipinski definition) is 6. The summed E-state index contributed by atoms with van der Waals surface area (Å²) in [7, 11) is 0. The average Bonchev–Trinajstić information content (AvgIpc) is 3.26. The zero-order chi connectivity index (χ0) is 17.2. The lowest BCUT2D eigenvalue weighted by molar-refractivity contribution is -0.108. The maximum Gasteiger partial charge on any atom is 0.276 e. The number of pyridine rings is 1. The lowest BCUT2D eigenvalue weighted by Crippen LogP contribution is -2.53. The summed E-state index contributed by atoms with van der Waals surface area (Å²) in [6.45, 7) is 3.39. The molecular formula is C18H21N3O4. The Balaban J connectivity index is 1.42. The summed E-state index contributed by atoms with van der Waals surface area (Å²) in [5, 5.41) is 3.86. The van der Waals surface area contributed by atoms with E-state index in [2.05, 4.69) is 10.1 Å². The first-order valence-electron chi connectivity index (χ1n) is 8.59. The second-order valence-electron chi connectivity index (χ2n) is 6.51. The van der Waals surface area contributed by atoms with Crippen LogP contribution in [0.5, 0.6) is 0 Å². The number of hydrogen-bond donors (Lipinski definition) is 0. The molecular weight excluding hydrogens is 322 g/mol. The molecule has 3 atom stereocenters. The Labute approximate surface area is 145 Å². The van der Waals surface area contributed by atoms with Gasteiger partial charge in [0.25, 0.3) is 5.91 Å². The summed E-state index contributed by atoms with van der Waals surface area (Å²) in [5.74, 6) is 0.545. The van der Waals surface area contributed by atoms with Gasteiger partial charge in [-0.25, -0.2) is 0 Å². The van der Waals surface area contributed by atoms with Crippen molar-refractivity contribution in [2.24, 2.45) is 0 Å². The molecule has 4 rings (SSSR count). The van der Waals surface area contributed by atoms with Gasteiger partial charge in [0.05, 0.1) is 25.4 Å². The molecule has 1 amide bonds. The fourth-order valence-electron chi connectivity index (χ4n) is 3.64. The summed E-state index contributed by atoms with van der Waals surface area (Å²) in [6, 6.07) is 5.59. The SMILES string of the molecule is Cc1cc(C(=O)N2CCO[C@@H]3[C@H]2CC[C@H]3OCc2ccncc2)no1. The molecule has 2 aliphatic rings. The molecule has 0 radical (unpaired) electrons. The molecule has 132 valence electrons. The molecule has 1 saturated carbocycles. The fourth-order valence-corrected chi connectivity index (χ4v) is 3.64.